The van der Waals surface area contributed by atoms with E-state index in [1.807, 2.05) is 43.1 Å². The van der Waals surface area contributed by atoms with Crippen molar-refractivity contribution in [1.29, 1.82) is 0 Å². The number of anilines is 1. The molecule has 49 heavy (non-hydrogen) atoms. The summed E-state index contributed by atoms with van der Waals surface area (Å²) in [4.78, 5) is 84.5. The molecule has 2 amide bonds. The highest BCUT2D eigenvalue weighted by Crippen LogP contribution is 2.08. The highest BCUT2D eigenvalue weighted by molar-refractivity contribution is 5.94. The number of rotatable bonds is 14. The van der Waals surface area contributed by atoms with Crippen LogP contribution in [0.1, 0.15) is 24.2 Å². The highest BCUT2D eigenvalue weighted by atomic mass is 16.4. The molecule has 18 heteroatoms. The van der Waals surface area contributed by atoms with Crippen molar-refractivity contribution in [3.8, 4) is 0 Å². The van der Waals surface area contributed by atoms with Gasteiger partial charge in [-0.25, -0.2) is 0 Å². The number of benzene rings is 1. The summed E-state index contributed by atoms with van der Waals surface area (Å²) in [5.41, 5.74) is 7.37. The van der Waals surface area contributed by atoms with Crippen LogP contribution in [0.3, 0.4) is 0 Å². The van der Waals surface area contributed by atoms with Gasteiger partial charge in [-0.3, -0.25) is 43.5 Å². The molecule has 276 valence electrons. The molecule has 0 aliphatic carbocycles. The summed E-state index contributed by atoms with van der Waals surface area (Å²) in [5, 5.41) is 33.3. The Kier molecular flexibility index (Phi) is 24.0. The number of carboxylic acids is 2. The molecule has 0 aromatic heterocycles. The smallest absolute Gasteiger partial charge is 0.317 e. The summed E-state index contributed by atoms with van der Waals surface area (Å²) in [7, 11) is 1.85. The number of carbonyl (C=O) groups excluding carboxylic acids is 4. The van der Waals surface area contributed by atoms with E-state index in [0.717, 1.165) is 17.8 Å². The maximum absolute atomic E-state index is 12.6. The number of carbonyl (C=O) groups is 7. The lowest BCUT2D eigenvalue weighted by Crippen LogP contribution is -2.54. The summed E-state index contributed by atoms with van der Waals surface area (Å²) in [5.74, 6) is -2.77. The Morgan fingerprint density at radius 2 is 1.24 bits per heavy atom. The molecule has 1 aromatic carbocycles. The molecule has 0 radical (unpaired) electrons. The summed E-state index contributed by atoms with van der Waals surface area (Å²) in [6.07, 6.45) is 0.535. The van der Waals surface area contributed by atoms with Crippen LogP contribution >= 0.6 is 0 Å². The molecule has 1 fully saturated rings. The summed E-state index contributed by atoms with van der Waals surface area (Å²) in [6.45, 7) is 7.29. The van der Waals surface area contributed by atoms with Crippen molar-refractivity contribution in [1.82, 2.24) is 30.2 Å². The lowest BCUT2D eigenvalue weighted by atomic mass is 10.1. The Labute approximate surface area is 286 Å². The number of nitrogens with zero attached hydrogens (tertiary/aromatic N) is 4. The minimum Gasteiger partial charge on any atom is -0.483 e. The number of ketones is 1. The quantitative estimate of drug-likeness (QED) is 0.0804. The van der Waals surface area contributed by atoms with Gasteiger partial charge in [0.25, 0.3) is 6.47 Å². The second kappa shape index (κ2) is 26.5. The zero-order chi connectivity index (χ0) is 37.2. The van der Waals surface area contributed by atoms with Crippen molar-refractivity contribution >= 4 is 48.0 Å². The molecule has 1 saturated heterocycles. The van der Waals surface area contributed by atoms with Gasteiger partial charge in [0.2, 0.25) is 11.8 Å². The number of hydrogen-bond acceptors (Lipinski definition) is 13. The molecule has 1 aromatic rings. The van der Waals surface area contributed by atoms with Gasteiger partial charge in [-0.1, -0.05) is 6.92 Å². The third kappa shape index (κ3) is 21.2. The molecule has 2 rings (SSSR count). The van der Waals surface area contributed by atoms with Gasteiger partial charge in [-0.05, 0) is 37.7 Å². The monoisotopic (exact) mass is 696 g/mol. The average molecular weight is 697 g/mol. The van der Waals surface area contributed by atoms with Crippen molar-refractivity contribution in [2.45, 2.75) is 19.9 Å². The third-order valence-electron chi connectivity index (χ3n) is 7.29. The van der Waals surface area contributed by atoms with Crippen LogP contribution in [0.5, 0.6) is 0 Å². The second-order valence-corrected chi connectivity index (χ2v) is 10.8. The Morgan fingerprint density at radius 3 is 1.59 bits per heavy atom. The fourth-order valence-electron chi connectivity index (χ4n) is 4.56. The zero-order valence-corrected chi connectivity index (χ0v) is 28.5. The molecule has 1 aliphatic heterocycles. The first-order chi connectivity index (χ1) is 23.3. The van der Waals surface area contributed by atoms with E-state index >= 15 is 0 Å². The van der Waals surface area contributed by atoms with Crippen LogP contribution in [-0.2, 0) is 28.8 Å². The maximum Gasteiger partial charge on any atom is 0.317 e. The Balaban J connectivity index is 0.00000136. The molecule has 8 N–H and O–H groups in total. The molecule has 0 spiro atoms. The van der Waals surface area contributed by atoms with Crippen LogP contribution in [0, 0.1) is 0 Å². The first-order valence-electron chi connectivity index (χ1n) is 15.7. The van der Waals surface area contributed by atoms with Gasteiger partial charge in [0.15, 0.2) is 5.78 Å². The predicted octanol–water partition coefficient (Wildman–Crippen LogP) is -2.21. The van der Waals surface area contributed by atoms with Crippen molar-refractivity contribution in [3.63, 3.8) is 0 Å². The third-order valence-corrected chi connectivity index (χ3v) is 7.29. The molecule has 0 saturated carbocycles. The van der Waals surface area contributed by atoms with E-state index in [-0.39, 0.29) is 45.0 Å². The number of nitrogens with two attached hydrogens (primary N) is 1. The van der Waals surface area contributed by atoms with Gasteiger partial charge >= 0.3 is 11.9 Å². The molecule has 1 aliphatic rings. The van der Waals surface area contributed by atoms with Crippen LogP contribution in [-0.4, -0.2) is 182 Å². The van der Waals surface area contributed by atoms with Crippen molar-refractivity contribution in [2.24, 2.45) is 5.73 Å². The number of nitrogens with one attached hydrogen (secondary N) is 3. The van der Waals surface area contributed by atoms with Crippen LogP contribution in [0.25, 0.3) is 0 Å². The topological polar surface area (TPSA) is 255 Å². The Bertz CT molecular complexity index is 1170. The van der Waals surface area contributed by atoms with E-state index in [1.165, 1.54) is 0 Å². The summed E-state index contributed by atoms with van der Waals surface area (Å²) >= 11 is 0. The lowest BCUT2D eigenvalue weighted by Gasteiger charge is -2.33. The molecular formula is C31H52N8O10. The SMILES string of the molecule is CCN1CCN(CC(=O)O)CCN(CC(=O)O)CCN(CC(=O)NC(CN)C(=O)NCC=O)CC1.CNc1ccc(C(C)=O)cc1.O=CO. The van der Waals surface area contributed by atoms with E-state index in [4.69, 9.17) is 15.6 Å². The van der Waals surface area contributed by atoms with Gasteiger partial charge in [0.1, 0.15) is 12.3 Å². The van der Waals surface area contributed by atoms with Gasteiger partial charge in [0, 0.05) is 77.2 Å². The van der Waals surface area contributed by atoms with E-state index in [2.05, 4.69) is 20.9 Å². The zero-order valence-electron chi connectivity index (χ0n) is 28.5. The first-order valence-corrected chi connectivity index (χ1v) is 15.7. The van der Waals surface area contributed by atoms with Crippen molar-refractivity contribution in [2.75, 3.05) is 104 Å². The van der Waals surface area contributed by atoms with Gasteiger partial charge in [0.05, 0.1) is 26.2 Å². The minimum atomic E-state index is -0.990. The molecule has 18 nitrogen and oxygen atoms in total. The fraction of sp³-hybridized carbons (Fsp3) is 0.581. The Morgan fingerprint density at radius 1 is 0.816 bits per heavy atom. The van der Waals surface area contributed by atoms with Crippen molar-refractivity contribution < 1.29 is 48.9 Å². The van der Waals surface area contributed by atoms with E-state index in [1.54, 1.807) is 16.7 Å². The number of Topliss-reactive ketones (excluding diaryl/α,β-unsaturated/α-hetero) is 1. The van der Waals surface area contributed by atoms with E-state index in [9.17, 15) is 39.0 Å². The van der Waals surface area contributed by atoms with Gasteiger partial charge in [-0.15, -0.1) is 0 Å². The number of carboxylic acid groups (broad SMARTS) is 3. The largest absolute Gasteiger partial charge is 0.483 e. The number of amides is 2. The van der Waals surface area contributed by atoms with E-state index < -0.39 is 29.8 Å². The minimum absolute atomic E-state index is 0.0128. The van der Waals surface area contributed by atoms with Crippen LogP contribution in [0.4, 0.5) is 5.69 Å². The molecule has 1 heterocycles. The Hall–Kier alpha value is -4.49. The normalized spacial score (nSPS) is 15.6. The maximum atomic E-state index is 12.6. The fourth-order valence-corrected chi connectivity index (χ4v) is 4.56. The second-order valence-electron chi connectivity index (χ2n) is 10.8. The number of hydrogen-bond donors (Lipinski definition) is 7. The molecular weight excluding hydrogens is 644 g/mol. The van der Waals surface area contributed by atoms with Crippen molar-refractivity contribution in [3.05, 3.63) is 29.8 Å². The van der Waals surface area contributed by atoms with Crippen LogP contribution in [0.15, 0.2) is 24.3 Å². The molecule has 0 bridgehead atoms. The lowest BCUT2D eigenvalue weighted by molar-refractivity contribution is -0.140. The standard InChI is InChI=1S/C21H39N7O7.C9H11NO.CH2O2/c1-2-25-4-6-26(14-18(30)24-17(13-22)21(35)23-3-12-29)8-9-28(16-20(33)34)11-10-27(7-5-25)15-19(31)32;1-7(11)8-3-5-9(10-2)6-4-8;2-1-3/h12,17H,2-11,13-16,22H2,1H3,(H,23,35)(H,24,30)(H,31,32)(H,33,34);3-6,10H,1-2H3;1H,(H,2,3). The van der Waals surface area contributed by atoms with Gasteiger partial charge < -0.3 is 46.7 Å². The van der Waals surface area contributed by atoms with Crippen LogP contribution < -0.4 is 21.7 Å². The number of likely N-dealkylation sites (N-methyl/N-ethyl adjacent to an activating group) is 1. The van der Waals surface area contributed by atoms with Crippen LogP contribution in [0.2, 0.25) is 0 Å². The summed E-state index contributed by atoms with van der Waals surface area (Å²) < 4.78 is 0. The van der Waals surface area contributed by atoms with E-state index in [0.29, 0.717) is 58.6 Å². The number of aldehydes is 1. The number of aliphatic carboxylic acids is 2. The predicted molar refractivity (Wildman–Crippen MR) is 181 cm³/mol. The first kappa shape index (κ1) is 44.5. The van der Waals surface area contributed by atoms with Gasteiger partial charge in [-0.2, -0.15) is 0 Å². The average Bonchev–Trinajstić information content (AvgIpc) is 3.06. The highest BCUT2D eigenvalue weighted by Gasteiger charge is 2.22. The molecule has 1 atom stereocenters. The summed E-state index contributed by atoms with van der Waals surface area (Å²) in [6, 6.07) is 6.43. The molecule has 1 unspecified atom stereocenters.